The molecule has 0 aliphatic carbocycles. The van der Waals surface area contributed by atoms with Crippen LogP contribution in [0, 0.1) is 0 Å². The van der Waals surface area contributed by atoms with Crippen molar-refractivity contribution < 1.29 is 9.53 Å². The monoisotopic (exact) mass is 276 g/mol. The van der Waals surface area contributed by atoms with Gasteiger partial charge in [-0.1, -0.05) is 41.9 Å². The van der Waals surface area contributed by atoms with Crippen molar-refractivity contribution in [1.29, 1.82) is 0 Å². The molecule has 2 aromatic rings. The van der Waals surface area contributed by atoms with Crippen molar-refractivity contribution in [1.82, 2.24) is 10.3 Å². The van der Waals surface area contributed by atoms with Gasteiger partial charge in [-0.2, -0.15) is 0 Å². The molecule has 0 radical (unpaired) electrons. The van der Waals surface area contributed by atoms with Crippen molar-refractivity contribution in [3.05, 3.63) is 59.4 Å². The number of ether oxygens (including phenoxy) is 1. The van der Waals surface area contributed by atoms with Gasteiger partial charge in [-0.25, -0.2) is 4.98 Å². The van der Waals surface area contributed by atoms with Gasteiger partial charge < -0.3 is 10.1 Å². The Morgan fingerprint density at radius 2 is 2.00 bits per heavy atom. The fourth-order valence-corrected chi connectivity index (χ4v) is 1.64. The van der Waals surface area contributed by atoms with Crippen LogP contribution in [0.25, 0.3) is 0 Å². The third kappa shape index (κ3) is 4.26. The molecule has 98 valence electrons. The third-order valence-electron chi connectivity index (χ3n) is 2.42. The summed E-state index contributed by atoms with van der Waals surface area (Å²) in [5, 5.41) is 3.01. The Kier molecular flexibility index (Phi) is 4.75. The van der Waals surface area contributed by atoms with Crippen molar-refractivity contribution in [2.45, 2.75) is 6.54 Å². The third-order valence-corrected chi connectivity index (χ3v) is 2.70. The summed E-state index contributed by atoms with van der Waals surface area (Å²) in [5.41, 5.74) is 1.04. The van der Waals surface area contributed by atoms with E-state index in [4.69, 9.17) is 16.3 Å². The average Bonchev–Trinajstić information content (AvgIpc) is 2.45. The van der Waals surface area contributed by atoms with Crippen LogP contribution in [0.3, 0.4) is 0 Å². The van der Waals surface area contributed by atoms with Crippen LogP contribution in [0.15, 0.2) is 48.7 Å². The van der Waals surface area contributed by atoms with Crippen LogP contribution in [-0.4, -0.2) is 17.5 Å². The molecule has 0 bridgehead atoms. The number of nitrogens with one attached hydrogen (secondary N) is 1. The lowest BCUT2D eigenvalue weighted by Gasteiger charge is -2.08. The highest BCUT2D eigenvalue weighted by molar-refractivity contribution is 6.30. The molecule has 1 heterocycles. The van der Waals surface area contributed by atoms with Crippen molar-refractivity contribution in [2.24, 2.45) is 0 Å². The van der Waals surface area contributed by atoms with Gasteiger partial charge >= 0.3 is 0 Å². The highest BCUT2D eigenvalue weighted by Gasteiger charge is 2.05. The molecular formula is C14H13ClN2O2. The number of hydrogen-bond donors (Lipinski definition) is 1. The topological polar surface area (TPSA) is 51.2 Å². The molecule has 0 aliphatic heterocycles. The molecular weight excluding hydrogens is 264 g/mol. The Hall–Kier alpha value is -2.07. The van der Waals surface area contributed by atoms with E-state index in [0.717, 1.165) is 5.56 Å². The van der Waals surface area contributed by atoms with E-state index >= 15 is 0 Å². The van der Waals surface area contributed by atoms with Crippen LogP contribution in [0.5, 0.6) is 5.75 Å². The molecule has 1 aromatic heterocycles. The molecule has 0 atom stereocenters. The summed E-state index contributed by atoms with van der Waals surface area (Å²) < 4.78 is 5.28. The largest absolute Gasteiger partial charge is 0.481 e. The summed E-state index contributed by atoms with van der Waals surface area (Å²) in [6.45, 7) is 0.391. The minimum atomic E-state index is -0.205. The first-order chi connectivity index (χ1) is 9.25. The van der Waals surface area contributed by atoms with Gasteiger partial charge in [-0.15, -0.1) is 0 Å². The Morgan fingerprint density at radius 1 is 1.21 bits per heavy atom. The second-order valence-corrected chi connectivity index (χ2v) is 4.20. The molecule has 0 saturated carbocycles. The Labute approximate surface area is 116 Å². The smallest absolute Gasteiger partial charge is 0.258 e. The summed E-state index contributed by atoms with van der Waals surface area (Å²) in [4.78, 5) is 15.5. The lowest BCUT2D eigenvalue weighted by molar-refractivity contribution is -0.123. The van der Waals surface area contributed by atoms with E-state index < -0.39 is 0 Å². The van der Waals surface area contributed by atoms with Gasteiger partial charge in [0, 0.05) is 12.7 Å². The number of rotatable bonds is 5. The van der Waals surface area contributed by atoms with E-state index in [1.165, 1.54) is 0 Å². The molecule has 1 N–H and O–H groups in total. The predicted molar refractivity (Wildman–Crippen MR) is 73.0 cm³/mol. The number of aromatic nitrogens is 1. The predicted octanol–water partition coefficient (Wildman–Crippen LogP) is 2.43. The van der Waals surface area contributed by atoms with Gasteiger partial charge in [0.15, 0.2) is 17.5 Å². The second-order valence-electron chi connectivity index (χ2n) is 3.84. The molecule has 1 aromatic carbocycles. The quantitative estimate of drug-likeness (QED) is 0.854. The van der Waals surface area contributed by atoms with E-state index in [0.29, 0.717) is 12.3 Å². The van der Waals surface area contributed by atoms with E-state index in [-0.39, 0.29) is 17.7 Å². The van der Waals surface area contributed by atoms with Crippen LogP contribution in [0.2, 0.25) is 5.15 Å². The lowest BCUT2D eigenvalue weighted by Crippen LogP contribution is -2.28. The van der Waals surface area contributed by atoms with Crippen LogP contribution < -0.4 is 10.1 Å². The van der Waals surface area contributed by atoms with Gasteiger partial charge in [0.2, 0.25) is 0 Å². The molecule has 4 nitrogen and oxygen atoms in total. The van der Waals surface area contributed by atoms with Gasteiger partial charge in [0.1, 0.15) is 0 Å². The molecule has 0 aliphatic rings. The molecule has 1 amide bonds. The molecule has 19 heavy (non-hydrogen) atoms. The van der Waals surface area contributed by atoms with Crippen LogP contribution in [-0.2, 0) is 11.3 Å². The van der Waals surface area contributed by atoms with E-state index in [2.05, 4.69) is 10.3 Å². The molecule has 2 rings (SSSR count). The minimum absolute atomic E-state index is 0.0851. The number of hydrogen-bond acceptors (Lipinski definition) is 3. The Bertz CT molecular complexity index is 546. The van der Waals surface area contributed by atoms with Gasteiger partial charge in [-0.3, -0.25) is 4.79 Å². The molecule has 0 unspecified atom stereocenters. The number of benzene rings is 1. The normalized spacial score (nSPS) is 9.95. The second kappa shape index (κ2) is 6.75. The van der Waals surface area contributed by atoms with Crippen LogP contribution in [0.1, 0.15) is 5.56 Å². The van der Waals surface area contributed by atoms with E-state index in [9.17, 15) is 4.79 Å². The number of carbonyl (C=O) groups excluding carboxylic acids is 1. The fraction of sp³-hybridized carbons (Fsp3) is 0.143. The molecule has 5 heteroatoms. The number of nitrogens with zero attached hydrogens (tertiary/aromatic N) is 1. The lowest BCUT2D eigenvalue weighted by atomic mass is 10.2. The summed E-state index contributed by atoms with van der Waals surface area (Å²) in [7, 11) is 0. The minimum Gasteiger partial charge on any atom is -0.481 e. The number of halogens is 1. The Morgan fingerprint density at radius 3 is 2.74 bits per heavy atom. The van der Waals surface area contributed by atoms with Crippen LogP contribution in [0.4, 0.5) is 0 Å². The average molecular weight is 277 g/mol. The highest BCUT2D eigenvalue weighted by Crippen LogP contribution is 2.19. The summed E-state index contributed by atoms with van der Waals surface area (Å²) in [5.74, 6) is 0.197. The first kappa shape index (κ1) is 13.4. The first-order valence-electron chi connectivity index (χ1n) is 5.79. The summed E-state index contributed by atoms with van der Waals surface area (Å²) >= 11 is 5.81. The van der Waals surface area contributed by atoms with Gasteiger partial charge in [0.25, 0.3) is 5.91 Å². The molecule has 0 fully saturated rings. The van der Waals surface area contributed by atoms with Crippen molar-refractivity contribution in [3.63, 3.8) is 0 Å². The van der Waals surface area contributed by atoms with Crippen molar-refractivity contribution in [2.75, 3.05) is 6.61 Å². The first-order valence-corrected chi connectivity index (χ1v) is 6.17. The zero-order valence-electron chi connectivity index (χ0n) is 10.2. The van der Waals surface area contributed by atoms with Gasteiger partial charge in [-0.05, 0) is 17.7 Å². The number of amides is 1. The van der Waals surface area contributed by atoms with Crippen LogP contribution >= 0.6 is 11.6 Å². The maximum Gasteiger partial charge on any atom is 0.258 e. The van der Waals surface area contributed by atoms with E-state index in [1.54, 1.807) is 18.3 Å². The maximum atomic E-state index is 11.6. The van der Waals surface area contributed by atoms with Crippen molar-refractivity contribution >= 4 is 17.5 Å². The fourth-order valence-electron chi connectivity index (χ4n) is 1.47. The molecule has 0 saturated heterocycles. The molecule has 0 spiro atoms. The highest BCUT2D eigenvalue weighted by atomic mass is 35.5. The standard InChI is InChI=1S/C14H13ClN2O2/c15-14-12(7-4-8-16-14)19-10-13(18)17-9-11-5-2-1-3-6-11/h1-8H,9-10H2,(H,17,18). The SMILES string of the molecule is O=C(COc1cccnc1Cl)NCc1ccccc1. The van der Waals surface area contributed by atoms with E-state index in [1.807, 2.05) is 30.3 Å². The van der Waals surface area contributed by atoms with Gasteiger partial charge in [0.05, 0.1) is 0 Å². The number of pyridine rings is 1. The summed E-state index contributed by atoms with van der Waals surface area (Å²) in [6.07, 6.45) is 1.56. The maximum absolute atomic E-state index is 11.6. The Balaban J connectivity index is 1.78. The number of carbonyl (C=O) groups is 1. The zero-order chi connectivity index (χ0) is 13.5. The van der Waals surface area contributed by atoms with Crippen molar-refractivity contribution in [3.8, 4) is 5.75 Å². The summed E-state index contributed by atoms with van der Waals surface area (Å²) in [6, 6.07) is 13.0. The zero-order valence-corrected chi connectivity index (χ0v) is 10.9.